The van der Waals surface area contributed by atoms with Crippen molar-refractivity contribution in [1.82, 2.24) is 19.4 Å². The van der Waals surface area contributed by atoms with E-state index in [1.807, 2.05) is 13.8 Å². The molecule has 0 unspecified atom stereocenters. The standard InChI is InChI=1S/C21H22F4N6O2/c1-3-29(4-2)11-9-30(10-11)20-27-16-12(18(26)28-20)8-15(21(23,24)25)31(19(16)33)17-13(22)6-5-7-14(17)32/h5-8,11,32H,3-4,9-10H2,1-2H3,(H2,26,27,28). The molecule has 0 atom stereocenters. The highest BCUT2D eigenvalue weighted by Gasteiger charge is 2.38. The van der Waals surface area contributed by atoms with E-state index in [0.717, 1.165) is 31.3 Å². The van der Waals surface area contributed by atoms with E-state index in [1.54, 1.807) is 4.90 Å². The SMILES string of the molecule is CCN(CC)C1CN(c2nc(N)c3cc(C(F)(F)F)n(-c4c(O)cccc4F)c(=O)c3n2)C1. The average molecular weight is 466 g/mol. The minimum Gasteiger partial charge on any atom is -0.506 e. The number of phenolic OH excluding ortho intramolecular Hbond substituents is 1. The number of rotatable bonds is 5. The van der Waals surface area contributed by atoms with E-state index in [9.17, 15) is 27.5 Å². The number of pyridine rings is 1. The van der Waals surface area contributed by atoms with Gasteiger partial charge in [0.2, 0.25) is 5.95 Å². The molecular formula is C21H22F4N6O2. The lowest BCUT2D eigenvalue weighted by Crippen LogP contribution is -2.60. The molecule has 3 aromatic rings. The molecule has 3 N–H and O–H groups in total. The number of halogens is 4. The zero-order valence-corrected chi connectivity index (χ0v) is 17.9. The second-order valence-corrected chi connectivity index (χ2v) is 7.73. The van der Waals surface area contributed by atoms with Gasteiger partial charge in [-0.3, -0.25) is 14.3 Å². The molecule has 0 saturated carbocycles. The van der Waals surface area contributed by atoms with E-state index < -0.39 is 40.2 Å². The highest BCUT2D eigenvalue weighted by molar-refractivity contribution is 5.89. The molecule has 33 heavy (non-hydrogen) atoms. The number of benzene rings is 1. The van der Waals surface area contributed by atoms with Crippen molar-refractivity contribution in [2.75, 3.05) is 36.8 Å². The number of nitrogens with zero attached hydrogens (tertiary/aromatic N) is 5. The number of fused-ring (bicyclic) bond motifs is 1. The fraction of sp³-hybridized carbons (Fsp3) is 0.381. The van der Waals surface area contributed by atoms with Crippen molar-refractivity contribution in [1.29, 1.82) is 0 Å². The number of hydrogen-bond acceptors (Lipinski definition) is 7. The molecule has 12 heteroatoms. The lowest BCUT2D eigenvalue weighted by Gasteiger charge is -2.44. The van der Waals surface area contributed by atoms with Crippen LogP contribution in [0.3, 0.4) is 0 Å². The maximum atomic E-state index is 14.5. The highest BCUT2D eigenvalue weighted by atomic mass is 19.4. The molecule has 2 aromatic heterocycles. The predicted molar refractivity (Wildman–Crippen MR) is 115 cm³/mol. The minimum atomic E-state index is -5.05. The van der Waals surface area contributed by atoms with Gasteiger partial charge in [0.15, 0.2) is 5.82 Å². The first kappa shape index (κ1) is 22.8. The molecule has 3 heterocycles. The first-order valence-electron chi connectivity index (χ1n) is 10.3. The van der Waals surface area contributed by atoms with E-state index in [0.29, 0.717) is 19.2 Å². The number of anilines is 2. The third kappa shape index (κ3) is 3.84. The third-order valence-corrected chi connectivity index (χ3v) is 5.84. The molecule has 0 amide bonds. The molecule has 0 spiro atoms. The number of phenols is 1. The number of aromatic nitrogens is 3. The topological polar surface area (TPSA) is 101 Å². The summed E-state index contributed by atoms with van der Waals surface area (Å²) in [5.74, 6) is -2.22. The number of alkyl halides is 3. The molecule has 176 valence electrons. The zero-order chi connectivity index (χ0) is 24.1. The van der Waals surface area contributed by atoms with Gasteiger partial charge in [-0.15, -0.1) is 0 Å². The smallest absolute Gasteiger partial charge is 0.431 e. The number of nitrogens with two attached hydrogens (primary N) is 1. The second kappa shape index (κ2) is 8.18. The summed E-state index contributed by atoms with van der Waals surface area (Å²) >= 11 is 0. The lowest BCUT2D eigenvalue weighted by molar-refractivity contribution is -0.142. The van der Waals surface area contributed by atoms with Gasteiger partial charge in [0.1, 0.15) is 28.5 Å². The van der Waals surface area contributed by atoms with Gasteiger partial charge in [-0.1, -0.05) is 19.9 Å². The number of hydrogen-bond donors (Lipinski definition) is 2. The highest BCUT2D eigenvalue weighted by Crippen LogP contribution is 2.36. The van der Waals surface area contributed by atoms with Crippen molar-refractivity contribution in [2.24, 2.45) is 0 Å². The summed E-state index contributed by atoms with van der Waals surface area (Å²) in [6, 6.07) is 3.79. The molecule has 0 bridgehead atoms. The maximum Gasteiger partial charge on any atom is 0.431 e. The minimum absolute atomic E-state index is 0.0814. The van der Waals surface area contributed by atoms with Crippen molar-refractivity contribution in [2.45, 2.75) is 26.1 Å². The second-order valence-electron chi connectivity index (χ2n) is 7.73. The van der Waals surface area contributed by atoms with Crippen LogP contribution < -0.4 is 16.2 Å². The Balaban J connectivity index is 1.90. The first-order valence-corrected chi connectivity index (χ1v) is 10.3. The van der Waals surface area contributed by atoms with Gasteiger partial charge in [0.05, 0.1) is 5.39 Å². The quantitative estimate of drug-likeness (QED) is 0.558. The molecule has 1 aliphatic rings. The van der Waals surface area contributed by atoms with Crippen molar-refractivity contribution in [3.8, 4) is 11.4 Å². The molecule has 0 radical (unpaired) electrons. The normalized spacial score (nSPS) is 14.8. The fourth-order valence-electron chi connectivity index (χ4n) is 4.08. The van der Waals surface area contributed by atoms with Crippen LogP contribution in [0.4, 0.5) is 29.3 Å². The Labute approximate surface area is 185 Å². The van der Waals surface area contributed by atoms with Gasteiger partial charge < -0.3 is 15.7 Å². The summed E-state index contributed by atoms with van der Waals surface area (Å²) in [6.07, 6.45) is -5.05. The summed E-state index contributed by atoms with van der Waals surface area (Å²) in [5, 5.41) is 9.76. The molecule has 1 aromatic carbocycles. The van der Waals surface area contributed by atoms with Crippen LogP contribution in [-0.2, 0) is 6.18 Å². The van der Waals surface area contributed by atoms with Crippen molar-refractivity contribution >= 4 is 22.7 Å². The van der Waals surface area contributed by atoms with Crippen LogP contribution in [0.15, 0.2) is 29.1 Å². The van der Waals surface area contributed by atoms with Crippen LogP contribution in [0.5, 0.6) is 5.75 Å². The molecule has 0 aliphatic carbocycles. The van der Waals surface area contributed by atoms with Crippen molar-refractivity contribution < 1.29 is 22.7 Å². The number of aromatic hydroxyl groups is 1. The zero-order valence-electron chi connectivity index (χ0n) is 17.9. The van der Waals surface area contributed by atoms with E-state index in [4.69, 9.17) is 5.73 Å². The van der Waals surface area contributed by atoms with E-state index >= 15 is 0 Å². The van der Waals surface area contributed by atoms with E-state index in [1.165, 1.54) is 0 Å². The maximum absolute atomic E-state index is 14.5. The number of likely N-dealkylation sites (N-methyl/N-ethyl adjacent to an activating group) is 1. The predicted octanol–water partition coefficient (Wildman–Crippen LogP) is 2.76. The monoisotopic (exact) mass is 466 g/mol. The van der Waals surface area contributed by atoms with Crippen LogP contribution in [0.25, 0.3) is 16.6 Å². The first-order chi connectivity index (χ1) is 15.6. The van der Waals surface area contributed by atoms with Gasteiger partial charge in [-0.25, -0.2) is 9.37 Å². The summed E-state index contributed by atoms with van der Waals surface area (Å²) in [7, 11) is 0. The van der Waals surface area contributed by atoms with E-state index in [-0.39, 0.29) is 27.8 Å². The molecule has 1 fully saturated rings. The molecule has 4 rings (SSSR count). The summed E-state index contributed by atoms with van der Waals surface area (Å²) in [4.78, 5) is 25.5. The van der Waals surface area contributed by atoms with Crippen molar-refractivity contribution in [3.05, 3.63) is 46.1 Å². The number of para-hydroxylation sites is 1. The largest absolute Gasteiger partial charge is 0.506 e. The van der Waals surface area contributed by atoms with Crippen molar-refractivity contribution in [3.63, 3.8) is 0 Å². The van der Waals surface area contributed by atoms with Gasteiger partial charge >= 0.3 is 6.18 Å². The Kier molecular flexibility index (Phi) is 5.64. The molecule has 8 nitrogen and oxygen atoms in total. The summed E-state index contributed by atoms with van der Waals surface area (Å²) in [6.45, 7) is 6.91. The van der Waals surface area contributed by atoms with Crippen LogP contribution in [-0.4, -0.2) is 56.8 Å². The van der Waals surface area contributed by atoms with Crippen LogP contribution >= 0.6 is 0 Å². The molecule has 1 saturated heterocycles. The summed E-state index contributed by atoms with van der Waals surface area (Å²) < 4.78 is 56.1. The van der Waals surface area contributed by atoms with Crippen LogP contribution in [0.2, 0.25) is 0 Å². The molecular weight excluding hydrogens is 444 g/mol. The average Bonchev–Trinajstić information content (AvgIpc) is 2.71. The fourth-order valence-corrected chi connectivity index (χ4v) is 4.08. The van der Waals surface area contributed by atoms with Gasteiger partial charge in [0.25, 0.3) is 5.56 Å². The van der Waals surface area contributed by atoms with Gasteiger partial charge in [-0.2, -0.15) is 18.2 Å². The Morgan fingerprint density at radius 3 is 2.45 bits per heavy atom. The lowest BCUT2D eigenvalue weighted by atomic mass is 10.1. The Bertz CT molecular complexity index is 1250. The molecule has 1 aliphatic heterocycles. The van der Waals surface area contributed by atoms with Gasteiger partial charge in [-0.05, 0) is 31.3 Å². The Hall–Kier alpha value is -3.41. The third-order valence-electron chi connectivity index (χ3n) is 5.84. The summed E-state index contributed by atoms with van der Waals surface area (Å²) in [5.41, 5.74) is 1.83. The Morgan fingerprint density at radius 1 is 1.21 bits per heavy atom. The Morgan fingerprint density at radius 2 is 1.88 bits per heavy atom. The van der Waals surface area contributed by atoms with Crippen LogP contribution in [0.1, 0.15) is 19.5 Å². The number of nitrogen functional groups attached to an aromatic ring is 1. The van der Waals surface area contributed by atoms with Crippen LogP contribution in [0, 0.1) is 5.82 Å². The van der Waals surface area contributed by atoms with Gasteiger partial charge in [0, 0.05) is 19.1 Å². The van der Waals surface area contributed by atoms with E-state index in [2.05, 4.69) is 14.9 Å².